The SMILES string of the molecule is O=C(CC1(Cc2ccccc2)SC=CS1)Nc1ccccc1. The van der Waals surface area contributed by atoms with Gasteiger partial charge in [-0.25, -0.2) is 0 Å². The van der Waals surface area contributed by atoms with Crippen molar-refractivity contribution in [2.45, 2.75) is 16.9 Å². The van der Waals surface area contributed by atoms with Gasteiger partial charge >= 0.3 is 0 Å². The molecule has 2 aromatic rings. The van der Waals surface area contributed by atoms with Crippen molar-refractivity contribution in [3.05, 3.63) is 77.0 Å². The molecule has 0 unspecified atom stereocenters. The Bertz CT molecular complexity index is 647. The summed E-state index contributed by atoms with van der Waals surface area (Å²) in [5, 5.41) is 7.16. The van der Waals surface area contributed by atoms with Gasteiger partial charge in [-0.15, -0.1) is 23.5 Å². The van der Waals surface area contributed by atoms with E-state index in [0.717, 1.165) is 12.1 Å². The molecule has 0 saturated heterocycles. The molecule has 4 heteroatoms. The van der Waals surface area contributed by atoms with Gasteiger partial charge < -0.3 is 5.32 Å². The van der Waals surface area contributed by atoms with Crippen molar-refractivity contribution in [1.29, 1.82) is 0 Å². The molecular weight excluding hydrogens is 310 g/mol. The molecule has 2 aromatic carbocycles. The largest absolute Gasteiger partial charge is 0.326 e. The van der Waals surface area contributed by atoms with Crippen molar-refractivity contribution in [1.82, 2.24) is 0 Å². The summed E-state index contributed by atoms with van der Waals surface area (Å²) in [6.45, 7) is 0. The summed E-state index contributed by atoms with van der Waals surface area (Å²) >= 11 is 3.49. The van der Waals surface area contributed by atoms with E-state index in [2.05, 4.69) is 28.3 Å². The Morgan fingerprint density at radius 1 is 0.909 bits per heavy atom. The fourth-order valence-electron chi connectivity index (χ4n) is 2.44. The molecule has 0 aromatic heterocycles. The van der Waals surface area contributed by atoms with Crippen LogP contribution in [0.1, 0.15) is 12.0 Å². The van der Waals surface area contributed by atoms with E-state index >= 15 is 0 Å². The Kier molecular flexibility index (Phi) is 4.90. The van der Waals surface area contributed by atoms with Crippen molar-refractivity contribution in [3.63, 3.8) is 0 Å². The lowest BCUT2D eigenvalue weighted by Crippen LogP contribution is -2.28. The predicted molar refractivity (Wildman–Crippen MR) is 96.9 cm³/mol. The van der Waals surface area contributed by atoms with Crippen LogP contribution in [0.25, 0.3) is 0 Å². The molecule has 3 rings (SSSR count). The molecule has 1 heterocycles. The van der Waals surface area contributed by atoms with Crippen LogP contribution in [0, 0.1) is 0 Å². The lowest BCUT2D eigenvalue weighted by molar-refractivity contribution is -0.116. The minimum atomic E-state index is -0.139. The summed E-state index contributed by atoms with van der Waals surface area (Å²) in [4.78, 5) is 12.4. The van der Waals surface area contributed by atoms with Crippen LogP contribution in [0.4, 0.5) is 5.69 Å². The van der Waals surface area contributed by atoms with Crippen molar-refractivity contribution in [2.75, 3.05) is 5.32 Å². The molecule has 0 radical (unpaired) electrons. The quantitative estimate of drug-likeness (QED) is 0.846. The summed E-state index contributed by atoms with van der Waals surface area (Å²) in [6.07, 6.45) is 1.36. The lowest BCUT2D eigenvalue weighted by Gasteiger charge is -2.26. The molecule has 0 spiro atoms. The smallest absolute Gasteiger partial charge is 0.226 e. The maximum Gasteiger partial charge on any atom is 0.226 e. The Morgan fingerprint density at radius 2 is 1.50 bits per heavy atom. The van der Waals surface area contributed by atoms with Gasteiger partial charge in [0.05, 0.1) is 10.5 Å². The first-order chi connectivity index (χ1) is 10.8. The highest BCUT2D eigenvalue weighted by molar-refractivity contribution is 8.23. The number of carbonyl (C=O) groups is 1. The number of carbonyl (C=O) groups excluding carboxylic acids is 1. The second-order valence-corrected chi connectivity index (χ2v) is 8.01. The predicted octanol–water partition coefficient (Wildman–Crippen LogP) is 4.91. The monoisotopic (exact) mass is 327 g/mol. The fraction of sp³-hybridized carbons (Fsp3) is 0.167. The van der Waals surface area contributed by atoms with Gasteiger partial charge in [0.25, 0.3) is 0 Å². The van der Waals surface area contributed by atoms with E-state index in [9.17, 15) is 4.79 Å². The molecule has 1 aliphatic heterocycles. The van der Waals surface area contributed by atoms with E-state index in [1.54, 1.807) is 23.5 Å². The molecule has 22 heavy (non-hydrogen) atoms. The number of thioether (sulfide) groups is 2. The van der Waals surface area contributed by atoms with Crippen LogP contribution in [-0.4, -0.2) is 9.99 Å². The van der Waals surface area contributed by atoms with Gasteiger partial charge in [0.2, 0.25) is 5.91 Å². The highest BCUT2D eigenvalue weighted by Gasteiger charge is 2.35. The third kappa shape index (κ3) is 3.96. The van der Waals surface area contributed by atoms with E-state index in [1.807, 2.05) is 48.5 Å². The molecular formula is C18H17NOS2. The molecule has 112 valence electrons. The summed E-state index contributed by atoms with van der Waals surface area (Å²) < 4.78 is -0.139. The maximum absolute atomic E-state index is 12.4. The lowest BCUT2D eigenvalue weighted by atomic mass is 10.1. The standard InChI is InChI=1S/C18H17NOS2/c20-17(19-16-9-5-2-6-10-16)14-18(21-11-12-22-18)13-15-7-3-1-4-8-15/h1-12H,13-14H2,(H,19,20). The van der Waals surface area contributed by atoms with Gasteiger partial charge in [-0.1, -0.05) is 48.5 Å². The zero-order valence-electron chi connectivity index (χ0n) is 12.1. The topological polar surface area (TPSA) is 29.1 Å². The third-order valence-electron chi connectivity index (χ3n) is 3.42. The number of rotatable bonds is 5. The number of hydrogen-bond acceptors (Lipinski definition) is 3. The summed E-state index contributed by atoms with van der Waals surface area (Å²) in [5.41, 5.74) is 2.11. The van der Waals surface area contributed by atoms with Crippen LogP contribution in [0.3, 0.4) is 0 Å². The maximum atomic E-state index is 12.4. The highest BCUT2D eigenvalue weighted by Crippen LogP contribution is 2.49. The van der Waals surface area contributed by atoms with Crippen LogP contribution >= 0.6 is 23.5 Å². The average molecular weight is 327 g/mol. The molecule has 2 nitrogen and oxygen atoms in total. The van der Waals surface area contributed by atoms with Gasteiger partial charge in [-0.2, -0.15) is 0 Å². The second-order valence-electron chi connectivity index (χ2n) is 5.17. The Labute approximate surface area is 139 Å². The molecule has 0 fully saturated rings. The molecule has 0 atom stereocenters. The Morgan fingerprint density at radius 3 is 2.14 bits per heavy atom. The highest BCUT2D eigenvalue weighted by atomic mass is 32.2. The van der Waals surface area contributed by atoms with Gasteiger partial charge in [-0.05, 0) is 34.9 Å². The normalized spacial score (nSPS) is 15.6. The number of nitrogens with one attached hydrogen (secondary N) is 1. The number of benzene rings is 2. The summed E-state index contributed by atoms with van der Waals surface area (Å²) in [6, 6.07) is 20.0. The van der Waals surface area contributed by atoms with Gasteiger partial charge in [0.15, 0.2) is 0 Å². The molecule has 0 saturated carbocycles. The molecule has 1 amide bonds. The molecule has 1 N–H and O–H groups in total. The third-order valence-corrected chi connectivity index (χ3v) is 6.16. The van der Waals surface area contributed by atoms with Crippen LogP contribution < -0.4 is 5.32 Å². The van der Waals surface area contributed by atoms with Crippen LogP contribution in [0.2, 0.25) is 0 Å². The number of para-hydroxylation sites is 1. The van der Waals surface area contributed by atoms with E-state index in [0.29, 0.717) is 6.42 Å². The van der Waals surface area contributed by atoms with Crippen LogP contribution in [0.5, 0.6) is 0 Å². The number of anilines is 1. The van der Waals surface area contributed by atoms with E-state index < -0.39 is 0 Å². The first kappa shape index (κ1) is 15.3. The molecule has 1 aliphatic rings. The first-order valence-corrected chi connectivity index (χ1v) is 8.91. The summed E-state index contributed by atoms with van der Waals surface area (Å²) in [5.74, 6) is 0.0610. The van der Waals surface area contributed by atoms with Crippen LogP contribution in [0.15, 0.2) is 71.5 Å². The second kappa shape index (κ2) is 7.07. The van der Waals surface area contributed by atoms with Gasteiger partial charge in [0.1, 0.15) is 0 Å². The fourth-order valence-corrected chi connectivity index (χ4v) is 4.86. The van der Waals surface area contributed by atoms with Crippen LogP contribution in [-0.2, 0) is 11.2 Å². The van der Waals surface area contributed by atoms with Crippen molar-refractivity contribution in [3.8, 4) is 0 Å². The minimum Gasteiger partial charge on any atom is -0.326 e. The van der Waals surface area contributed by atoms with Crippen molar-refractivity contribution in [2.24, 2.45) is 0 Å². The average Bonchev–Trinajstić information content (AvgIpc) is 2.97. The van der Waals surface area contributed by atoms with Crippen molar-refractivity contribution >= 4 is 35.1 Å². The van der Waals surface area contributed by atoms with E-state index in [-0.39, 0.29) is 9.99 Å². The van der Waals surface area contributed by atoms with Gasteiger partial charge in [0, 0.05) is 5.69 Å². The Balaban J connectivity index is 1.68. The molecule has 0 aliphatic carbocycles. The summed E-state index contributed by atoms with van der Waals surface area (Å²) in [7, 11) is 0. The first-order valence-electron chi connectivity index (χ1n) is 7.15. The number of amides is 1. The van der Waals surface area contributed by atoms with Gasteiger partial charge in [-0.3, -0.25) is 4.79 Å². The zero-order valence-corrected chi connectivity index (χ0v) is 13.7. The Hall–Kier alpha value is -1.65. The zero-order chi connectivity index (χ0) is 15.3. The molecule has 0 bridgehead atoms. The van der Waals surface area contributed by atoms with E-state index in [4.69, 9.17) is 0 Å². The number of hydrogen-bond donors (Lipinski definition) is 1. The van der Waals surface area contributed by atoms with E-state index in [1.165, 1.54) is 5.56 Å². The van der Waals surface area contributed by atoms with Crippen molar-refractivity contribution < 1.29 is 4.79 Å². The minimum absolute atomic E-state index is 0.0610.